The number of aryl methyl sites for hydroxylation is 1. The summed E-state index contributed by atoms with van der Waals surface area (Å²) in [5.41, 5.74) is 1.23. The third kappa shape index (κ3) is 1.65. The number of halogens is 2. The molecule has 0 aliphatic rings. The second-order valence-electron chi connectivity index (χ2n) is 2.12. The molecule has 0 atom stereocenters. The zero-order valence-corrected chi connectivity index (χ0v) is 7.30. The Morgan fingerprint density at radius 3 is 2.70 bits per heavy atom. The zero-order valence-electron chi connectivity index (χ0n) is 5.73. The summed E-state index contributed by atoms with van der Waals surface area (Å²) in [6.07, 6.45) is 1.01. The van der Waals surface area contributed by atoms with Gasteiger partial charge in [0, 0.05) is 6.07 Å². The van der Waals surface area contributed by atoms with E-state index >= 15 is 0 Å². The van der Waals surface area contributed by atoms with E-state index in [0.717, 1.165) is 11.4 Å². The molecule has 0 heterocycles. The van der Waals surface area contributed by atoms with Crippen molar-refractivity contribution in [3.63, 3.8) is 0 Å². The van der Waals surface area contributed by atoms with Gasteiger partial charge in [0.15, 0.2) is 11.6 Å². The van der Waals surface area contributed by atoms with E-state index in [1.807, 2.05) is 18.2 Å². The Kier molecular flexibility index (Phi) is 2.58. The molecule has 0 spiro atoms. The quantitative estimate of drug-likeness (QED) is 0.616. The Hall–Kier alpha value is -0.200. The summed E-state index contributed by atoms with van der Waals surface area (Å²) >= 11 is 10.7. The summed E-state index contributed by atoms with van der Waals surface area (Å²) in [5, 5.41) is 1.42. The summed E-state index contributed by atoms with van der Waals surface area (Å²) in [5.74, 6) is 0. The predicted octanol–water partition coefficient (Wildman–Crippen LogP) is 2.60. The number of benzene rings is 1. The van der Waals surface area contributed by atoms with Crippen LogP contribution in [-0.4, -0.2) is 0 Å². The second kappa shape index (κ2) is 3.27. The van der Waals surface area contributed by atoms with Crippen LogP contribution in [0.15, 0.2) is 18.2 Å². The van der Waals surface area contributed by atoms with Crippen LogP contribution >= 0.6 is 11.6 Å². The lowest BCUT2D eigenvalue weighted by atomic mass is 10.2. The molecule has 1 rings (SSSR count). The van der Waals surface area contributed by atoms with Gasteiger partial charge in [0.05, 0.1) is 0 Å². The zero-order chi connectivity index (χ0) is 7.56. The highest BCUT2D eigenvalue weighted by molar-refractivity contribution is 6.31. The first-order valence-corrected chi connectivity index (χ1v) is 3.98. The van der Waals surface area contributed by atoms with E-state index in [-0.39, 0.29) is 0 Å². The molecular formula is C8H9Cl2+. The highest BCUT2D eigenvalue weighted by Crippen LogP contribution is 2.18. The van der Waals surface area contributed by atoms with Gasteiger partial charge >= 0.3 is 0 Å². The van der Waals surface area contributed by atoms with Crippen molar-refractivity contribution in [1.82, 2.24) is 0 Å². The molecule has 54 valence electrons. The van der Waals surface area contributed by atoms with E-state index in [1.54, 1.807) is 0 Å². The first-order valence-electron chi connectivity index (χ1n) is 3.19. The molecule has 1 aromatic rings. The second-order valence-corrected chi connectivity index (χ2v) is 2.97. The summed E-state index contributed by atoms with van der Waals surface area (Å²) in [6, 6.07) is 5.80. The summed E-state index contributed by atoms with van der Waals surface area (Å²) in [7, 11) is 0. The monoisotopic (exact) mass is 175 g/mol. The molecule has 10 heavy (non-hydrogen) atoms. The molecule has 0 unspecified atom stereocenters. The average molecular weight is 176 g/mol. The van der Waals surface area contributed by atoms with Crippen LogP contribution in [0.5, 0.6) is 0 Å². The Labute approximate surface area is 70.8 Å². The lowest BCUT2D eigenvalue weighted by Gasteiger charge is -1.93. The van der Waals surface area contributed by atoms with Gasteiger partial charge in [-0.2, -0.15) is 0 Å². The van der Waals surface area contributed by atoms with Crippen molar-refractivity contribution in [3.8, 4) is 0 Å². The van der Waals surface area contributed by atoms with Crippen molar-refractivity contribution in [3.05, 3.63) is 33.8 Å². The molecule has 2 heteroatoms. The van der Waals surface area contributed by atoms with Crippen molar-refractivity contribution >= 4 is 11.6 Å². The van der Waals surface area contributed by atoms with Crippen molar-refractivity contribution in [2.75, 3.05) is 0 Å². The Bertz CT molecular complexity index is 231. The molecule has 0 amide bonds. The standard InChI is InChI=1S/C8H9Cl2/c1-2-6-3-4-7(9)8(10)5-6/h3-5,9H,2H2,1H3/q+1. The molecule has 0 nitrogen and oxygen atoms in total. The third-order valence-corrected chi connectivity index (χ3v) is 2.19. The minimum Gasteiger partial charge on any atom is -0.0780 e. The SMILES string of the molecule is CCc1ccc([ClH+])c(Cl)c1. The van der Waals surface area contributed by atoms with E-state index in [9.17, 15) is 0 Å². The maximum Gasteiger partial charge on any atom is 0.244 e. The summed E-state index contributed by atoms with van der Waals surface area (Å²) in [6.45, 7) is 2.09. The fourth-order valence-electron chi connectivity index (χ4n) is 0.764. The molecule has 0 N–H and O–H groups in total. The molecule has 0 aromatic heterocycles. The predicted molar refractivity (Wildman–Crippen MR) is 41.4 cm³/mol. The molecule has 0 radical (unpaired) electrons. The van der Waals surface area contributed by atoms with Crippen LogP contribution in [0.3, 0.4) is 0 Å². The largest absolute Gasteiger partial charge is 0.244 e. The van der Waals surface area contributed by atoms with Gasteiger partial charge < -0.3 is 0 Å². The van der Waals surface area contributed by atoms with E-state index in [0.29, 0.717) is 5.02 Å². The maximum absolute atomic E-state index is 5.79. The smallest absolute Gasteiger partial charge is 0.0780 e. The minimum atomic E-state index is 0.689. The number of hydrogen-bond donors (Lipinski definition) is 0. The first kappa shape index (κ1) is 7.90. The van der Waals surface area contributed by atoms with Crippen molar-refractivity contribution < 1.29 is 11.6 Å². The fraction of sp³-hybridized carbons (Fsp3) is 0.250. The Morgan fingerprint density at radius 1 is 1.50 bits per heavy atom. The van der Waals surface area contributed by atoms with E-state index in [4.69, 9.17) is 23.2 Å². The molecule has 0 aliphatic carbocycles. The van der Waals surface area contributed by atoms with Crippen molar-refractivity contribution in [2.24, 2.45) is 0 Å². The van der Waals surface area contributed by atoms with Crippen molar-refractivity contribution in [1.29, 1.82) is 0 Å². The molecule has 0 saturated heterocycles. The lowest BCUT2D eigenvalue weighted by molar-refractivity contribution is -0.288. The van der Waals surface area contributed by atoms with Crippen LogP contribution in [0.25, 0.3) is 0 Å². The highest BCUT2D eigenvalue weighted by Gasteiger charge is 2.03. The lowest BCUT2D eigenvalue weighted by Crippen LogP contribution is -1.79. The van der Waals surface area contributed by atoms with Gasteiger partial charge in [0.2, 0.25) is 5.02 Å². The van der Waals surface area contributed by atoms with Crippen LogP contribution < -0.4 is 0 Å². The van der Waals surface area contributed by atoms with Gasteiger partial charge in [-0.25, -0.2) is 0 Å². The minimum absolute atomic E-state index is 0.689. The van der Waals surface area contributed by atoms with Crippen LogP contribution in [0.4, 0.5) is 0 Å². The van der Waals surface area contributed by atoms with Gasteiger partial charge in [0.1, 0.15) is 5.02 Å². The topological polar surface area (TPSA) is 0 Å². The van der Waals surface area contributed by atoms with Crippen LogP contribution in [0.2, 0.25) is 10.0 Å². The van der Waals surface area contributed by atoms with Gasteiger partial charge in [-0.05, 0) is 18.1 Å². The Morgan fingerprint density at radius 2 is 2.20 bits per heavy atom. The van der Waals surface area contributed by atoms with Gasteiger partial charge in [-0.1, -0.05) is 24.6 Å². The Balaban J connectivity index is 3.04. The molecule has 0 saturated carbocycles. The van der Waals surface area contributed by atoms with E-state index < -0.39 is 0 Å². The maximum atomic E-state index is 5.79. The van der Waals surface area contributed by atoms with Gasteiger partial charge in [-0.3, -0.25) is 0 Å². The van der Waals surface area contributed by atoms with Crippen LogP contribution in [-0.2, 0) is 6.42 Å². The average Bonchev–Trinajstić information content (AvgIpc) is 1.95. The number of rotatable bonds is 1. The van der Waals surface area contributed by atoms with Gasteiger partial charge in [-0.15, -0.1) is 0 Å². The summed E-state index contributed by atoms with van der Waals surface area (Å²) in [4.78, 5) is 0. The van der Waals surface area contributed by atoms with Crippen LogP contribution in [0.1, 0.15) is 12.5 Å². The van der Waals surface area contributed by atoms with Crippen LogP contribution in [0, 0.1) is 11.6 Å². The molecule has 0 fully saturated rings. The highest BCUT2D eigenvalue weighted by atomic mass is 35.5. The van der Waals surface area contributed by atoms with Crippen molar-refractivity contribution in [2.45, 2.75) is 13.3 Å². The molecule has 1 aromatic carbocycles. The normalized spacial score (nSPS) is 9.90. The van der Waals surface area contributed by atoms with Gasteiger partial charge in [0.25, 0.3) is 0 Å². The number of hydrogen-bond acceptors (Lipinski definition) is 0. The third-order valence-electron chi connectivity index (χ3n) is 1.40. The molecular weight excluding hydrogens is 167 g/mol. The summed E-state index contributed by atoms with van der Waals surface area (Å²) < 4.78 is 0. The van der Waals surface area contributed by atoms with E-state index in [1.165, 1.54) is 5.56 Å². The molecule has 0 bridgehead atoms. The first-order chi connectivity index (χ1) is 4.74. The fourth-order valence-corrected chi connectivity index (χ4v) is 1.09. The van der Waals surface area contributed by atoms with E-state index in [2.05, 4.69) is 6.92 Å². The molecule has 0 aliphatic heterocycles.